The molecule has 0 saturated carbocycles. The highest BCUT2D eigenvalue weighted by Crippen LogP contribution is 2.11. The maximum atomic E-state index is 10.7. The first-order valence-electron chi connectivity index (χ1n) is 5.90. The summed E-state index contributed by atoms with van der Waals surface area (Å²) >= 11 is 0. The molecule has 0 heterocycles. The van der Waals surface area contributed by atoms with E-state index in [-0.39, 0.29) is 19.1 Å². The Morgan fingerprint density at radius 2 is 1.63 bits per heavy atom. The zero-order valence-corrected chi connectivity index (χ0v) is 10.7. The molecular formula is C13H18N2O4. The number of nitrogens with zero attached hydrogens (tertiary/aromatic N) is 1. The quantitative estimate of drug-likeness (QED) is 0.627. The first-order valence-corrected chi connectivity index (χ1v) is 5.90. The lowest BCUT2D eigenvalue weighted by atomic mass is 10.1. The van der Waals surface area contributed by atoms with E-state index in [0.29, 0.717) is 12.1 Å². The Kier molecular flexibility index (Phi) is 5.32. The van der Waals surface area contributed by atoms with Crippen molar-refractivity contribution in [1.82, 2.24) is 4.90 Å². The Balaban J connectivity index is 2.69. The van der Waals surface area contributed by atoms with Gasteiger partial charge >= 0.3 is 11.9 Å². The van der Waals surface area contributed by atoms with Gasteiger partial charge in [-0.3, -0.25) is 14.5 Å². The number of nitrogens with two attached hydrogens (primary N) is 1. The molecule has 104 valence electrons. The van der Waals surface area contributed by atoms with E-state index in [0.717, 1.165) is 5.56 Å². The molecule has 0 aromatic heterocycles. The highest BCUT2D eigenvalue weighted by molar-refractivity contribution is 5.72. The number of carbonyl (C=O) groups is 2. The number of benzene rings is 1. The van der Waals surface area contributed by atoms with Crippen LogP contribution in [0, 0.1) is 0 Å². The van der Waals surface area contributed by atoms with E-state index in [1.165, 1.54) is 4.90 Å². The Morgan fingerprint density at radius 1 is 1.16 bits per heavy atom. The van der Waals surface area contributed by atoms with E-state index in [4.69, 9.17) is 15.9 Å². The molecule has 0 bridgehead atoms. The highest BCUT2D eigenvalue weighted by atomic mass is 16.4. The number of rotatable bonds is 7. The van der Waals surface area contributed by atoms with Crippen molar-refractivity contribution in [3.8, 4) is 0 Å². The second-order valence-corrected chi connectivity index (χ2v) is 4.49. The molecule has 0 saturated heterocycles. The molecule has 1 aromatic carbocycles. The van der Waals surface area contributed by atoms with Gasteiger partial charge in [0.05, 0.1) is 13.1 Å². The number of carboxylic acid groups (broad SMARTS) is 2. The van der Waals surface area contributed by atoms with Gasteiger partial charge in [0, 0.05) is 11.7 Å². The second kappa shape index (κ2) is 6.75. The smallest absolute Gasteiger partial charge is 0.317 e. The van der Waals surface area contributed by atoms with Crippen molar-refractivity contribution >= 4 is 17.6 Å². The first kappa shape index (κ1) is 15.0. The average Bonchev–Trinajstić information content (AvgIpc) is 2.30. The molecule has 1 rings (SSSR count). The van der Waals surface area contributed by atoms with Crippen LogP contribution < -0.4 is 5.73 Å². The van der Waals surface area contributed by atoms with E-state index in [9.17, 15) is 9.59 Å². The summed E-state index contributed by atoms with van der Waals surface area (Å²) in [4.78, 5) is 22.9. The number of hydrogen-bond donors (Lipinski definition) is 3. The molecule has 0 aliphatic heterocycles. The fraction of sp³-hybridized carbons (Fsp3) is 0.385. The van der Waals surface area contributed by atoms with Crippen LogP contribution in [0.3, 0.4) is 0 Å². The molecule has 0 spiro atoms. The van der Waals surface area contributed by atoms with E-state index in [1.807, 2.05) is 19.1 Å². The highest BCUT2D eigenvalue weighted by Gasteiger charge is 2.19. The molecule has 0 radical (unpaired) electrons. The molecule has 4 N–H and O–H groups in total. The monoisotopic (exact) mass is 266 g/mol. The predicted octanol–water partition coefficient (Wildman–Crippen LogP) is 0.671. The molecule has 6 heteroatoms. The van der Waals surface area contributed by atoms with Crippen LogP contribution in [0.5, 0.6) is 0 Å². The van der Waals surface area contributed by atoms with E-state index >= 15 is 0 Å². The minimum absolute atomic E-state index is 0.184. The van der Waals surface area contributed by atoms with Gasteiger partial charge in [-0.15, -0.1) is 0 Å². The summed E-state index contributed by atoms with van der Waals surface area (Å²) in [5.74, 6) is -2.07. The topological polar surface area (TPSA) is 104 Å². The molecule has 0 aliphatic rings. The van der Waals surface area contributed by atoms with Crippen LogP contribution in [0.15, 0.2) is 24.3 Å². The number of nitrogen functional groups attached to an aromatic ring is 1. The standard InChI is InChI=1S/C13H18N2O4/c1-9(6-10-2-4-11(14)5-3-10)15(7-12(16)17)8-13(18)19/h2-5,9H,6-8,14H2,1H3,(H,16,17)(H,18,19). The first-order chi connectivity index (χ1) is 8.88. The molecule has 0 amide bonds. The van der Waals surface area contributed by atoms with Crippen molar-refractivity contribution in [2.24, 2.45) is 0 Å². The summed E-state index contributed by atoms with van der Waals surface area (Å²) in [5, 5.41) is 17.6. The summed E-state index contributed by atoms with van der Waals surface area (Å²) < 4.78 is 0. The fourth-order valence-electron chi connectivity index (χ4n) is 1.84. The lowest BCUT2D eigenvalue weighted by Gasteiger charge is -2.25. The van der Waals surface area contributed by atoms with E-state index < -0.39 is 11.9 Å². The lowest BCUT2D eigenvalue weighted by molar-refractivity contribution is -0.142. The third-order valence-electron chi connectivity index (χ3n) is 2.81. The van der Waals surface area contributed by atoms with Gasteiger partial charge in [0.15, 0.2) is 0 Å². The minimum Gasteiger partial charge on any atom is -0.480 e. The average molecular weight is 266 g/mol. The van der Waals surface area contributed by atoms with Gasteiger partial charge in [-0.2, -0.15) is 0 Å². The molecule has 1 unspecified atom stereocenters. The van der Waals surface area contributed by atoms with Crippen LogP contribution in [0.25, 0.3) is 0 Å². The molecule has 1 atom stereocenters. The van der Waals surface area contributed by atoms with Gasteiger partial charge in [0.2, 0.25) is 0 Å². The third-order valence-corrected chi connectivity index (χ3v) is 2.81. The number of anilines is 1. The van der Waals surface area contributed by atoms with Gasteiger partial charge in [-0.05, 0) is 31.0 Å². The molecule has 0 fully saturated rings. The Morgan fingerprint density at radius 3 is 2.05 bits per heavy atom. The van der Waals surface area contributed by atoms with Gasteiger partial charge in [-0.25, -0.2) is 0 Å². The van der Waals surface area contributed by atoms with E-state index in [2.05, 4.69) is 0 Å². The normalized spacial score (nSPS) is 12.3. The molecule has 0 aliphatic carbocycles. The van der Waals surface area contributed by atoms with Crippen LogP contribution in [-0.4, -0.2) is 46.2 Å². The van der Waals surface area contributed by atoms with Crippen molar-refractivity contribution < 1.29 is 19.8 Å². The number of hydrogen-bond acceptors (Lipinski definition) is 4. The maximum absolute atomic E-state index is 10.7. The van der Waals surface area contributed by atoms with Crippen LogP contribution >= 0.6 is 0 Å². The van der Waals surface area contributed by atoms with Crippen molar-refractivity contribution in [3.63, 3.8) is 0 Å². The predicted molar refractivity (Wildman–Crippen MR) is 70.9 cm³/mol. The summed E-state index contributed by atoms with van der Waals surface area (Å²) in [6.45, 7) is 1.23. The SMILES string of the molecule is CC(Cc1ccc(N)cc1)N(CC(=O)O)CC(=O)O. The molecular weight excluding hydrogens is 248 g/mol. The lowest BCUT2D eigenvalue weighted by Crippen LogP contribution is -2.41. The van der Waals surface area contributed by atoms with Gasteiger partial charge in [0.1, 0.15) is 0 Å². The van der Waals surface area contributed by atoms with Crippen LogP contribution in [0.4, 0.5) is 5.69 Å². The Bertz CT molecular complexity index is 428. The zero-order valence-electron chi connectivity index (χ0n) is 10.7. The van der Waals surface area contributed by atoms with Crippen molar-refractivity contribution in [2.45, 2.75) is 19.4 Å². The van der Waals surface area contributed by atoms with Crippen molar-refractivity contribution in [2.75, 3.05) is 18.8 Å². The van der Waals surface area contributed by atoms with Gasteiger partial charge < -0.3 is 15.9 Å². The number of carboxylic acids is 2. The minimum atomic E-state index is -1.04. The molecule has 6 nitrogen and oxygen atoms in total. The van der Waals surface area contributed by atoms with Crippen LogP contribution in [0.2, 0.25) is 0 Å². The van der Waals surface area contributed by atoms with Crippen molar-refractivity contribution in [3.05, 3.63) is 29.8 Å². The summed E-state index contributed by atoms with van der Waals surface area (Å²) in [5.41, 5.74) is 7.23. The summed E-state index contributed by atoms with van der Waals surface area (Å²) in [6, 6.07) is 7.05. The van der Waals surface area contributed by atoms with Gasteiger partial charge in [-0.1, -0.05) is 12.1 Å². The summed E-state index contributed by atoms with van der Waals surface area (Å²) in [7, 11) is 0. The second-order valence-electron chi connectivity index (χ2n) is 4.49. The van der Waals surface area contributed by atoms with E-state index in [1.54, 1.807) is 12.1 Å². The third kappa shape index (κ3) is 5.39. The Labute approximate surface area is 111 Å². The molecule has 19 heavy (non-hydrogen) atoms. The van der Waals surface area contributed by atoms with Crippen LogP contribution in [0.1, 0.15) is 12.5 Å². The zero-order chi connectivity index (χ0) is 14.4. The van der Waals surface area contributed by atoms with Crippen molar-refractivity contribution in [1.29, 1.82) is 0 Å². The fourth-order valence-corrected chi connectivity index (χ4v) is 1.84. The largest absolute Gasteiger partial charge is 0.480 e. The number of aliphatic carboxylic acids is 2. The van der Waals surface area contributed by atoms with Gasteiger partial charge in [0.25, 0.3) is 0 Å². The Hall–Kier alpha value is -2.08. The summed E-state index contributed by atoms with van der Waals surface area (Å²) in [6.07, 6.45) is 0.570. The van der Waals surface area contributed by atoms with Crippen LogP contribution in [-0.2, 0) is 16.0 Å². The maximum Gasteiger partial charge on any atom is 0.317 e. The molecule has 1 aromatic rings.